The molecule has 0 fully saturated rings. The minimum atomic E-state index is -0.337. The van der Waals surface area contributed by atoms with Crippen molar-refractivity contribution >= 4 is 21.9 Å². The molecule has 0 radical (unpaired) electrons. The van der Waals surface area contributed by atoms with Gasteiger partial charge in [-0.3, -0.25) is 0 Å². The normalized spacial score (nSPS) is 11.6. The summed E-state index contributed by atoms with van der Waals surface area (Å²) in [5, 5.41) is 5.10. The lowest BCUT2D eigenvalue weighted by Gasteiger charge is -2.05. The third kappa shape index (κ3) is 2.14. The van der Waals surface area contributed by atoms with Crippen LogP contribution in [0.2, 0.25) is 0 Å². The minimum Gasteiger partial charge on any atom is -0.461 e. The van der Waals surface area contributed by atoms with Gasteiger partial charge in [0.25, 0.3) is 0 Å². The Morgan fingerprint density at radius 1 is 1.10 bits per heavy atom. The van der Waals surface area contributed by atoms with E-state index in [1.165, 1.54) is 6.07 Å². The third-order valence-corrected chi connectivity index (χ3v) is 3.87. The number of aryl methyl sites for hydroxylation is 3. The average Bonchev–Trinajstić information content (AvgIpc) is 2.75. The van der Waals surface area contributed by atoms with E-state index in [0.717, 1.165) is 38.8 Å². The van der Waals surface area contributed by atoms with Crippen LogP contribution in [0.15, 0.2) is 25.8 Å². The lowest BCUT2D eigenvalue weighted by Crippen LogP contribution is -2.21. The Kier molecular flexibility index (Phi) is 3.31. The van der Waals surface area contributed by atoms with Crippen LogP contribution in [0.1, 0.15) is 22.5 Å². The van der Waals surface area contributed by atoms with Gasteiger partial charge in [0.2, 0.25) is 0 Å². The van der Waals surface area contributed by atoms with Crippen molar-refractivity contribution in [2.45, 2.75) is 27.3 Å². The Balaban J connectivity index is 2.40. The molecule has 21 heavy (non-hydrogen) atoms. The molecule has 0 aliphatic rings. The Labute approximate surface area is 121 Å². The highest BCUT2D eigenvalue weighted by atomic mass is 16.4. The molecule has 0 atom stereocenters. The van der Waals surface area contributed by atoms with E-state index in [1.807, 2.05) is 26.8 Å². The van der Waals surface area contributed by atoms with Crippen molar-refractivity contribution in [2.75, 3.05) is 6.67 Å². The van der Waals surface area contributed by atoms with Crippen molar-refractivity contribution in [3.63, 3.8) is 0 Å². The molecule has 0 saturated carbocycles. The first-order valence-electron chi connectivity index (χ1n) is 6.89. The zero-order chi connectivity index (χ0) is 15.1. The highest BCUT2D eigenvalue weighted by Gasteiger charge is 2.17. The summed E-state index contributed by atoms with van der Waals surface area (Å²) in [5.74, 6) is 0.851. The molecule has 3 rings (SSSR count). The van der Waals surface area contributed by atoms with Crippen molar-refractivity contribution in [1.82, 2.24) is 5.32 Å². The summed E-state index contributed by atoms with van der Waals surface area (Å²) in [5.41, 5.74) is 9.38. The summed E-state index contributed by atoms with van der Waals surface area (Å²) >= 11 is 0. The van der Waals surface area contributed by atoms with Crippen LogP contribution in [0.3, 0.4) is 0 Å². The summed E-state index contributed by atoms with van der Waals surface area (Å²) in [7, 11) is 0. The number of hydrogen-bond donors (Lipinski definition) is 2. The van der Waals surface area contributed by atoms with Gasteiger partial charge in [-0.15, -0.1) is 0 Å². The highest BCUT2D eigenvalue weighted by molar-refractivity contribution is 5.99. The lowest BCUT2D eigenvalue weighted by atomic mass is 10.0. The van der Waals surface area contributed by atoms with Crippen LogP contribution >= 0.6 is 0 Å². The Morgan fingerprint density at radius 2 is 1.81 bits per heavy atom. The highest BCUT2D eigenvalue weighted by Crippen LogP contribution is 2.34. The van der Waals surface area contributed by atoms with E-state index >= 15 is 0 Å². The molecule has 5 nitrogen and oxygen atoms in total. The van der Waals surface area contributed by atoms with Gasteiger partial charge in [0.05, 0.1) is 0 Å². The molecular weight excluding hydrogens is 268 g/mol. The van der Waals surface area contributed by atoms with Gasteiger partial charge in [0.1, 0.15) is 16.9 Å². The second kappa shape index (κ2) is 5.02. The first-order valence-corrected chi connectivity index (χ1v) is 6.89. The zero-order valence-electron chi connectivity index (χ0n) is 12.4. The molecule has 3 N–H and O–H groups in total. The standard InChI is InChI=1S/C16H18N2O3/c1-8-4-14(19)21-15-9(2)16-12(5-11(8)15)13(6-18-7-17)10(3)20-16/h4-5,18H,6-7,17H2,1-3H3. The SMILES string of the molecule is Cc1oc2c(C)c3oc(=O)cc(C)c3cc2c1CNCN. The molecule has 0 spiro atoms. The average molecular weight is 286 g/mol. The third-order valence-electron chi connectivity index (χ3n) is 3.87. The predicted molar refractivity (Wildman–Crippen MR) is 82.4 cm³/mol. The number of rotatable bonds is 3. The molecule has 3 aromatic rings. The number of hydrogen-bond acceptors (Lipinski definition) is 5. The van der Waals surface area contributed by atoms with Gasteiger partial charge < -0.3 is 19.9 Å². The molecular formula is C16H18N2O3. The fourth-order valence-corrected chi connectivity index (χ4v) is 2.77. The van der Waals surface area contributed by atoms with Gasteiger partial charge in [-0.25, -0.2) is 4.79 Å². The number of furan rings is 1. The van der Waals surface area contributed by atoms with Crippen LogP contribution < -0.4 is 16.7 Å². The van der Waals surface area contributed by atoms with Crippen LogP contribution in [0.5, 0.6) is 0 Å². The Hall–Kier alpha value is -2.11. The van der Waals surface area contributed by atoms with E-state index in [-0.39, 0.29) is 5.63 Å². The van der Waals surface area contributed by atoms with Crippen molar-refractivity contribution in [3.05, 3.63) is 45.0 Å². The fourth-order valence-electron chi connectivity index (χ4n) is 2.77. The first-order chi connectivity index (χ1) is 10.0. The van der Waals surface area contributed by atoms with Crippen LogP contribution in [0.25, 0.3) is 21.9 Å². The minimum absolute atomic E-state index is 0.337. The second-order valence-electron chi connectivity index (χ2n) is 5.27. The summed E-state index contributed by atoms with van der Waals surface area (Å²) < 4.78 is 11.2. The molecule has 0 saturated heterocycles. The van der Waals surface area contributed by atoms with Crippen molar-refractivity contribution in [3.8, 4) is 0 Å². The number of fused-ring (bicyclic) bond motifs is 2. The molecule has 2 heterocycles. The summed E-state index contributed by atoms with van der Waals surface area (Å²) in [6, 6.07) is 3.54. The van der Waals surface area contributed by atoms with Gasteiger partial charge in [-0.05, 0) is 32.4 Å². The molecule has 5 heteroatoms. The maximum Gasteiger partial charge on any atom is 0.336 e. The molecule has 1 aromatic carbocycles. The molecule has 0 unspecified atom stereocenters. The van der Waals surface area contributed by atoms with E-state index in [1.54, 1.807) is 0 Å². The molecule has 0 aliphatic heterocycles. The van der Waals surface area contributed by atoms with E-state index in [2.05, 4.69) is 5.32 Å². The second-order valence-corrected chi connectivity index (χ2v) is 5.27. The van der Waals surface area contributed by atoms with E-state index in [0.29, 0.717) is 18.8 Å². The zero-order valence-corrected chi connectivity index (χ0v) is 12.4. The lowest BCUT2D eigenvalue weighted by molar-refractivity contribution is 0.549. The van der Waals surface area contributed by atoms with Gasteiger partial charge in [0.15, 0.2) is 0 Å². The maximum absolute atomic E-state index is 11.6. The number of benzene rings is 1. The fraction of sp³-hybridized carbons (Fsp3) is 0.312. The predicted octanol–water partition coefficient (Wildman–Crippen LogP) is 2.47. The monoisotopic (exact) mass is 286 g/mol. The number of nitrogens with two attached hydrogens (primary N) is 1. The van der Waals surface area contributed by atoms with Gasteiger partial charge in [-0.1, -0.05) is 0 Å². The maximum atomic E-state index is 11.6. The van der Waals surface area contributed by atoms with E-state index in [4.69, 9.17) is 14.6 Å². The number of nitrogens with one attached hydrogen (secondary N) is 1. The van der Waals surface area contributed by atoms with Gasteiger partial charge in [0, 0.05) is 41.2 Å². The van der Waals surface area contributed by atoms with Crippen LogP contribution in [-0.2, 0) is 6.54 Å². The topological polar surface area (TPSA) is 81.4 Å². The summed E-state index contributed by atoms with van der Waals surface area (Å²) in [6.07, 6.45) is 0. The Morgan fingerprint density at radius 3 is 2.52 bits per heavy atom. The van der Waals surface area contributed by atoms with Gasteiger partial charge in [-0.2, -0.15) is 0 Å². The molecule has 0 aliphatic carbocycles. The summed E-state index contributed by atoms with van der Waals surface area (Å²) in [4.78, 5) is 11.6. The quantitative estimate of drug-likeness (QED) is 0.571. The van der Waals surface area contributed by atoms with Crippen LogP contribution in [-0.4, -0.2) is 6.67 Å². The molecule has 0 bridgehead atoms. The largest absolute Gasteiger partial charge is 0.461 e. The first kappa shape index (κ1) is 13.9. The van der Waals surface area contributed by atoms with E-state index in [9.17, 15) is 4.79 Å². The Bertz CT molecular complexity index is 890. The van der Waals surface area contributed by atoms with Crippen molar-refractivity contribution in [2.24, 2.45) is 5.73 Å². The van der Waals surface area contributed by atoms with Gasteiger partial charge >= 0.3 is 5.63 Å². The van der Waals surface area contributed by atoms with Crippen molar-refractivity contribution < 1.29 is 8.83 Å². The van der Waals surface area contributed by atoms with Crippen molar-refractivity contribution in [1.29, 1.82) is 0 Å². The van der Waals surface area contributed by atoms with Crippen LogP contribution in [0.4, 0.5) is 0 Å². The van der Waals surface area contributed by atoms with Crippen LogP contribution in [0, 0.1) is 20.8 Å². The molecule has 2 aromatic heterocycles. The molecule has 0 amide bonds. The van der Waals surface area contributed by atoms with E-state index < -0.39 is 0 Å². The summed E-state index contributed by atoms with van der Waals surface area (Å²) in [6.45, 7) is 6.81. The smallest absolute Gasteiger partial charge is 0.336 e. The molecule has 110 valence electrons.